The van der Waals surface area contributed by atoms with E-state index in [1.165, 1.54) is 18.7 Å². The maximum Gasteiger partial charge on any atom is 0.433 e. The Hall–Kier alpha value is -2.85. The van der Waals surface area contributed by atoms with Crippen molar-refractivity contribution in [1.82, 2.24) is 14.6 Å². The van der Waals surface area contributed by atoms with E-state index in [0.29, 0.717) is 10.2 Å². The lowest BCUT2D eigenvalue weighted by Gasteiger charge is -2.10. The van der Waals surface area contributed by atoms with Crippen molar-refractivity contribution in [2.45, 2.75) is 22.9 Å². The molecule has 2 heterocycles. The minimum absolute atomic E-state index is 0.0792. The number of halogens is 4. The minimum atomic E-state index is -4.65. The average Bonchev–Trinajstić information content (AvgIpc) is 3.05. The smallest absolute Gasteiger partial charge is 0.320 e. The van der Waals surface area contributed by atoms with E-state index < -0.39 is 17.8 Å². The normalized spacial score (nSPS) is 11.6. The van der Waals surface area contributed by atoms with E-state index in [0.717, 1.165) is 15.9 Å². The summed E-state index contributed by atoms with van der Waals surface area (Å²) >= 11 is 4.65. The van der Waals surface area contributed by atoms with Crippen molar-refractivity contribution in [2.75, 3.05) is 5.32 Å². The largest absolute Gasteiger partial charge is 0.433 e. The SMILES string of the molecule is Cc1cc(C(F)(F)F)n2nc(C(=O)Nc3ccccc3Sc3ccccc3)c(Br)c2n1. The number of benzene rings is 2. The van der Waals surface area contributed by atoms with Gasteiger partial charge in [0, 0.05) is 15.5 Å². The summed E-state index contributed by atoms with van der Waals surface area (Å²) in [7, 11) is 0. The highest BCUT2D eigenvalue weighted by molar-refractivity contribution is 9.10. The number of aryl methyl sites for hydroxylation is 1. The third-order valence-corrected chi connectivity index (χ3v) is 6.09. The number of alkyl halides is 3. The van der Waals surface area contributed by atoms with E-state index in [1.54, 1.807) is 12.1 Å². The second-order valence-corrected chi connectivity index (χ2v) is 8.45. The number of anilines is 1. The third-order valence-electron chi connectivity index (χ3n) is 4.27. The number of aromatic nitrogens is 3. The number of nitrogens with one attached hydrogen (secondary N) is 1. The van der Waals surface area contributed by atoms with Crippen molar-refractivity contribution in [3.05, 3.63) is 82.2 Å². The van der Waals surface area contributed by atoms with Gasteiger partial charge in [-0.3, -0.25) is 4.79 Å². The molecule has 5 nitrogen and oxygen atoms in total. The monoisotopic (exact) mass is 506 g/mol. The van der Waals surface area contributed by atoms with Gasteiger partial charge in [0.1, 0.15) is 5.69 Å². The molecule has 2 aromatic carbocycles. The fraction of sp³-hybridized carbons (Fsp3) is 0.0952. The Kier molecular flexibility index (Phi) is 5.76. The van der Waals surface area contributed by atoms with Gasteiger partial charge in [-0.2, -0.15) is 18.3 Å². The Morgan fingerprint density at radius 1 is 1.10 bits per heavy atom. The number of amides is 1. The van der Waals surface area contributed by atoms with Crippen molar-refractivity contribution < 1.29 is 18.0 Å². The highest BCUT2D eigenvalue weighted by Crippen LogP contribution is 2.35. The summed E-state index contributed by atoms with van der Waals surface area (Å²) in [5.41, 5.74) is -0.593. The summed E-state index contributed by atoms with van der Waals surface area (Å²) in [6.07, 6.45) is -4.65. The lowest BCUT2D eigenvalue weighted by molar-refractivity contribution is -0.142. The summed E-state index contributed by atoms with van der Waals surface area (Å²) in [6, 6.07) is 17.6. The van der Waals surface area contributed by atoms with Crippen LogP contribution in [0.1, 0.15) is 21.9 Å². The lowest BCUT2D eigenvalue weighted by atomic mass is 10.3. The molecule has 1 amide bonds. The van der Waals surface area contributed by atoms with Crippen LogP contribution in [-0.4, -0.2) is 20.5 Å². The summed E-state index contributed by atoms with van der Waals surface area (Å²) in [5, 5.41) is 6.65. The molecule has 0 fully saturated rings. The van der Waals surface area contributed by atoms with Gasteiger partial charge in [-0.1, -0.05) is 42.1 Å². The molecule has 158 valence electrons. The van der Waals surface area contributed by atoms with Crippen LogP contribution in [0.25, 0.3) is 5.65 Å². The summed E-state index contributed by atoms with van der Waals surface area (Å²) < 4.78 is 41.0. The predicted octanol–water partition coefficient (Wildman–Crippen LogP) is 6.22. The van der Waals surface area contributed by atoms with Crippen molar-refractivity contribution >= 4 is 44.9 Å². The van der Waals surface area contributed by atoms with Gasteiger partial charge in [0.25, 0.3) is 5.91 Å². The number of hydrogen-bond acceptors (Lipinski definition) is 4. The zero-order chi connectivity index (χ0) is 22.2. The molecule has 4 aromatic rings. The van der Waals surface area contributed by atoms with Crippen LogP contribution < -0.4 is 5.32 Å². The molecule has 0 spiro atoms. The van der Waals surface area contributed by atoms with Crippen LogP contribution in [0, 0.1) is 6.92 Å². The Morgan fingerprint density at radius 3 is 2.48 bits per heavy atom. The molecule has 31 heavy (non-hydrogen) atoms. The van der Waals surface area contributed by atoms with Gasteiger partial charge < -0.3 is 5.32 Å². The molecule has 10 heteroatoms. The highest BCUT2D eigenvalue weighted by atomic mass is 79.9. The fourth-order valence-corrected chi connectivity index (χ4v) is 4.35. The number of rotatable bonds is 4. The Balaban J connectivity index is 1.70. The minimum Gasteiger partial charge on any atom is -0.320 e. The maximum atomic E-state index is 13.4. The average molecular weight is 507 g/mol. The first-order chi connectivity index (χ1) is 14.7. The first-order valence-electron chi connectivity index (χ1n) is 9.00. The Labute approximate surface area is 187 Å². The molecule has 0 aliphatic heterocycles. The third kappa shape index (κ3) is 4.45. The summed E-state index contributed by atoms with van der Waals surface area (Å²) in [5.74, 6) is -0.649. The van der Waals surface area contributed by atoms with Gasteiger partial charge >= 0.3 is 6.18 Å². The molecule has 0 unspecified atom stereocenters. The molecular weight excluding hydrogens is 493 g/mol. The zero-order valence-electron chi connectivity index (χ0n) is 15.9. The number of carbonyl (C=O) groups is 1. The van der Waals surface area contributed by atoms with Gasteiger partial charge in [0.2, 0.25) is 0 Å². The zero-order valence-corrected chi connectivity index (χ0v) is 18.3. The molecule has 0 saturated heterocycles. The van der Waals surface area contributed by atoms with Crippen LogP contribution in [-0.2, 0) is 6.18 Å². The van der Waals surface area contributed by atoms with Crippen LogP contribution in [0.5, 0.6) is 0 Å². The Bertz CT molecular complexity index is 1280. The first kappa shape index (κ1) is 21.4. The van der Waals surface area contributed by atoms with E-state index in [-0.39, 0.29) is 21.5 Å². The van der Waals surface area contributed by atoms with Crippen LogP contribution in [0.4, 0.5) is 18.9 Å². The molecule has 1 N–H and O–H groups in total. The van der Waals surface area contributed by atoms with E-state index in [4.69, 9.17) is 0 Å². The second-order valence-electron chi connectivity index (χ2n) is 6.54. The molecule has 4 rings (SSSR count). The van der Waals surface area contributed by atoms with Gasteiger partial charge in [0.15, 0.2) is 11.3 Å². The molecule has 2 aromatic heterocycles. The number of para-hydroxylation sites is 1. The van der Waals surface area contributed by atoms with Crippen LogP contribution >= 0.6 is 27.7 Å². The highest BCUT2D eigenvalue weighted by Gasteiger charge is 2.36. The molecule has 0 atom stereocenters. The standard InChI is InChI=1S/C21H14BrF3N4OS/c1-12-11-16(21(23,24)25)29-19(26-12)17(22)18(28-29)20(30)27-14-9-5-6-10-15(14)31-13-7-3-2-4-8-13/h2-11H,1H3,(H,27,30). The predicted molar refractivity (Wildman–Crippen MR) is 115 cm³/mol. The van der Waals surface area contributed by atoms with Crippen LogP contribution in [0.3, 0.4) is 0 Å². The molecule has 0 aliphatic rings. The first-order valence-corrected chi connectivity index (χ1v) is 10.6. The van der Waals surface area contributed by atoms with Crippen LogP contribution in [0.2, 0.25) is 0 Å². The topological polar surface area (TPSA) is 59.3 Å². The van der Waals surface area contributed by atoms with Gasteiger partial charge in [-0.15, -0.1) is 0 Å². The summed E-state index contributed by atoms with van der Waals surface area (Å²) in [6.45, 7) is 1.45. The second kappa shape index (κ2) is 8.35. The molecule has 0 radical (unpaired) electrons. The number of nitrogens with zero attached hydrogens (tertiary/aromatic N) is 3. The van der Waals surface area contributed by atoms with Gasteiger partial charge in [0.05, 0.1) is 10.2 Å². The number of hydrogen-bond donors (Lipinski definition) is 1. The quantitative estimate of drug-likeness (QED) is 0.356. The number of carbonyl (C=O) groups excluding carboxylic acids is 1. The summed E-state index contributed by atoms with van der Waals surface area (Å²) in [4.78, 5) is 18.8. The van der Waals surface area contributed by atoms with E-state index in [2.05, 4.69) is 31.3 Å². The lowest BCUT2D eigenvalue weighted by Crippen LogP contribution is -2.16. The van der Waals surface area contributed by atoms with Gasteiger partial charge in [-0.25, -0.2) is 9.50 Å². The molecule has 0 aliphatic carbocycles. The maximum absolute atomic E-state index is 13.4. The molecule has 0 bridgehead atoms. The Morgan fingerprint density at radius 2 is 1.77 bits per heavy atom. The molecular formula is C21H14BrF3N4OS. The van der Waals surface area contributed by atoms with Gasteiger partial charge in [-0.05, 0) is 53.2 Å². The van der Waals surface area contributed by atoms with E-state index in [1.807, 2.05) is 42.5 Å². The number of fused-ring (bicyclic) bond motifs is 1. The van der Waals surface area contributed by atoms with E-state index in [9.17, 15) is 18.0 Å². The van der Waals surface area contributed by atoms with Crippen molar-refractivity contribution in [1.29, 1.82) is 0 Å². The van der Waals surface area contributed by atoms with Crippen molar-refractivity contribution in [3.63, 3.8) is 0 Å². The van der Waals surface area contributed by atoms with Crippen LogP contribution in [0.15, 0.2) is 74.9 Å². The molecule has 0 saturated carbocycles. The fourth-order valence-electron chi connectivity index (χ4n) is 2.92. The van der Waals surface area contributed by atoms with E-state index >= 15 is 0 Å². The van der Waals surface area contributed by atoms with Crippen molar-refractivity contribution in [3.8, 4) is 0 Å². The van der Waals surface area contributed by atoms with Crippen molar-refractivity contribution in [2.24, 2.45) is 0 Å².